The van der Waals surface area contributed by atoms with Crippen molar-refractivity contribution in [3.05, 3.63) is 55.6 Å². The van der Waals surface area contributed by atoms with Crippen LogP contribution in [0, 0.1) is 5.82 Å². The predicted octanol–water partition coefficient (Wildman–Crippen LogP) is 1.66. The molecule has 0 spiro atoms. The van der Waals surface area contributed by atoms with Crippen molar-refractivity contribution < 1.29 is 37.0 Å². The van der Waals surface area contributed by atoms with Crippen LogP contribution in [0.5, 0.6) is 5.75 Å². The van der Waals surface area contributed by atoms with E-state index in [-0.39, 0.29) is 38.9 Å². The van der Waals surface area contributed by atoms with Crippen LogP contribution in [-0.4, -0.2) is 51.2 Å². The van der Waals surface area contributed by atoms with E-state index in [2.05, 4.69) is 0 Å². The number of ether oxygens (including phenoxy) is 1. The Morgan fingerprint density at radius 3 is 2.41 bits per heavy atom. The van der Waals surface area contributed by atoms with Gasteiger partial charge in [0.05, 0.1) is 17.1 Å². The molecule has 0 fully saturated rings. The van der Waals surface area contributed by atoms with E-state index in [1.807, 2.05) is 0 Å². The summed E-state index contributed by atoms with van der Waals surface area (Å²) in [7, 11) is 2.08. The molecule has 174 valence electrons. The lowest BCUT2D eigenvalue weighted by Crippen LogP contribution is -2.41. The van der Waals surface area contributed by atoms with Crippen LogP contribution in [-0.2, 0) is 22.8 Å². The zero-order valence-corrected chi connectivity index (χ0v) is 17.3. The Kier molecular flexibility index (Phi) is 7.34. The van der Waals surface area contributed by atoms with Gasteiger partial charge in [-0.15, -0.1) is 0 Å². The standard InChI is InChI=1S/C18H16ClF4N3O6/c1-24(4-3-16(29)30)15(28)8-32-12-6-11(10(20)5-9(12)19)26-14(27)7-13(18(21,22)23)25(2)17(26)31/h5-7H,3-4,8H2,1-2H3,(H,29,30). The first kappa shape index (κ1) is 24.9. The molecule has 0 aliphatic heterocycles. The van der Waals surface area contributed by atoms with Gasteiger partial charge in [-0.1, -0.05) is 11.6 Å². The van der Waals surface area contributed by atoms with Crippen molar-refractivity contribution in [3.8, 4) is 11.4 Å². The minimum absolute atomic E-state index is 0.114. The van der Waals surface area contributed by atoms with Crippen molar-refractivity contribution in [2.45, 2.75) is 12.6 Å². The molecular weight excluding hydrogens is 466 g/mol. The maximum atomic E-state index is 14.4. The van der Waals surface area contributed by atoms with E-state index in [4.69, 9.17) is 21.4 Å². The zero-order valence-electron chi connectivity index (χ0n) is 16.6. The van der Waals surface area contributed by atoms with Crippen LogP contribution in [0.3, 0.4) is 0 Å². The van der Waals surface area contributed by atoms with Crippen molar-refractivity contribution in [1.29, 1.82) is 0 Å². The lowest BCUT2D eigenvalue weighted by molar-refractivity contribution is -0.144. The number of nitrogens with zero attached hydrogens (tertiary/aromatic N) is 3. The molecule has 2 rings (SSSR count). The van der Waals surface area contributed by atoms with Crippen LogP contribution >= 0.6 is 11.6 Å². The van der Waals surface area contributed by atoms with Crippen molar-refractivity contribution in [1.82, 2.24) is 14.0 Å². The van der Waals surface area contributed by atoms with Crippen molar-refractivity contribution in [3.63, 3.8) is 0 Å². The Morgan fingerprint density at radius 1 is 1.22 bits per heavy atom. The lowest BCUT2D eigenvalue weighted by Gasteiger charge is -2.18. The highest BCUT2D eigenvalue weighted by Gasteiger charge is 2.35. The van der Waals surface area contributed by atoms with Gasteiger partial charge in [0.2, 0.25) is 0 Å². The van der Waals surface area contributed by atoms with Crippen LogP contribution in [0.2, 0.25) is 5.02 Å². The highest BCUT2D eigenvalue weighted by Crippen LogP contribution is 2.30. The Balaban J connectivity index is 2.41. The summed E-state index contributed by atoms with van der Waals surface area (Å²) in [6, 6.07) is 1.59. The summed E-state index contributed by atoms with van der Waals surface area (Å²) in [5, 5.41) is 8.30. The molecule has 0 bridgehead atoms. The van der Waals surface area contributed by atoms with E-state index in [1.54, 1.807) is 0 Å². The highest BCUT2D eigenvalue weighted by molar-refractivity contribution is 6.32. The number of alkyl halides is 3. The normalized spacial score (nSPS) is 11.3. The summed E-state index contributed by atoms with van der Waals surface area (Å²) in [5.41, 5.74) is -5.18. The topological polar surface area (TPSA) is 111 Å². The molecule has 0 saturated heterocycles. The van der Waals surface area contributed by atoms with Gasteiger partial charge in [0, 0.05) is 32.8 Å². The Morgan fingerprint density at radius 2 is 1.84 bits per heavy atom. The molecule has 9 nitrogen and oxygen atoms in total. The Bertz CT molecular complexity index is 1180. The van der Waals surface area contributed by atoms with Crippen LogP contribution in [0.1, 0.15) is 12.1 Å². The monoisotopic (exact) mass is 481 g/mol. The lowest BCUT2D eigenvalue weighted by atomic mass is 10.2. The van der Waals surface area contributed by atoms with Crippen molar-refractivity contribution >= 4 is 23.5 Å². The molecule has 0 aliphatic rings. The minimum atomic E-state index is -4.99. The number of rotatable bonds is 7. The van der Waals surface area contributed by atoms with E-state index in [0.29, 0.717) is 6.07 Å². The smallest absolute Gasteiger partial charge is 0.431 e. The minimum Gasteiger partial charge on any atom is -0.482 e. The molecule has 1 amide bonds. The third kappa shape index (κ3) is 5.46. The number of carbonyl (C=O) groups excluding carboxylic acids is 1. The summed E-state index contributed by atoms with van der Waals surface area (Å²) in [6.07, 6.45) is -5.31. The van der Waals surface area contributed by atoms with Gasteiger partial charge in [0.25, 0.3) is 11.5 Å². The summed E-state index contributed by atoms with van der Waals surface area (Å²) >= 11 is 5.86. The molecule has 14 heteroatoms. The second-order valence-corrected chi connectivity index (χ2v) is 6.93. The first-order valence-corrected chi connectivity index (χ1v) is 9.10. The van der Waals surface area contributed by atoms with Gasteiger partial charge in [0.15, 0.2) is 6.61 Å². The van der Waals surface area contributed by atoms with Gasteiger partial charge < -0.3 is 14.7 Å². The van der Waals surface area contributed by atoms with E-state index < -0.39 is 53.1 Å². The van der Waals surface area contributed by atoms with Gasteiger partial charge in [-0.05, 0) is 6.07 Å². The molecule has 0 atom stereocenters. The fourth-order valence-corrected chi connectivity index (χ4v) is 2.76. The van der Waals surface area contributed by atoms with Crippen LogP contribution < -0.4 is 16.0 Å². The molecule has 1 N–H and O–H groups in total. The van der Waals surface area contributed by atoms with Crippen molar-refractivity contribution in [2.24, 2.45) is 7.05 Å². The summed E-state index contributed by atoms with van der Waals surface area (Å²) < 4.78 is 58.9. The molecule has 1 aromatic carbocycles. The summed E-state index contributed by atoms with van der Waals surface area (Å²) in [5.74, 6) is -3.32. The molecule has 0 aliphatic carbocycles. The number of likely N-dealkylation sites (N-methyl/N-ethyl adjacent to an activating group) is 1. The van der Waals surface area contributed by atoms with E-state index >= 15 is 0 Å². The van der Waals surface area contributed by atoms with Gasteiger partial charge in [-0.3, -0.25) is 19.0 Å². The number of amides is 1. The summed E-state index contributed by atoms with van der Waals surface area (Å²) in [6.45, 7) is -0.766. The van der Waals surface area contributed by atoms with E-state index in [9.17, 15) is 36.7 Å². The maximum Gasteiger partial charge on any atom is 0.431 e. The van der Waals surface area contributed by atoms with Crippen molar-refractivity contribution in [2.75, 3.05) is 20.2 Å². The fourth-order valence-electron chi connectivity index (χ4n) is 2.56. The first-order valence-electron chi connectivity index (χ1n) is 8.72. The third-order valence-corrected chi connectivity index (χ3v) is 4.59. The molecule has 1 aromatic heterocycles. The predicted molar refractivity (Wildman–Crippen MR) is 103 cm³/mol. The number of aromatic nitrogens is 2. The molecule has 0 saturated carbocycles. The number of halogens is 5. The quantitative estimate of drug-likeness (QED) is 0.602. The second-order valence-electron chi connectivity index (χ2n) is 6.52. The molecular formula is C18H16ClF4N3O6. The SMILES string of the molecule is CN(CCC(=O)O)C(=O)COc1cc(-n2c(=O)cc(C(F)(F)F)n(C)c2=O)c(F)cc1Cl. The average molecular weight is 482 g/mol. The van der Waals surface area contributed by atoms with Crippen LogP contribution in [0.25, 0.3) is 5.69 Å². The number of carboxylic acid groups (broad SMARTS) is 1. The second kappa shape index (κ2) is 9.42. The highest BCUT2D eigenvalue weighted by atomic mass is 35.5. The van der Waals surface area contributed by atoms with Gasteiger partial charge in [-0.25, -0.2) is 13.8 Å². The van der Waals surface area contributed by atoms with Gasteiger partial charge >= 0.3 is 17.8 Å². The van der Waals surface area contributed by atoms with Crippen LogP contribution in [0.15, 0.2) is 27.8 Å². The maximum absolute atomic E-state index is 14.4. The number of aliphatic carboxylic acids is 1. The van der Waals surface area contributed by atoms with E-state index in [0.717, 1.165) is 18.0 Å². The van der Waals surface area contributed by atoms with Gasteiger partial charge in [0.1, 0.15) is 17.3 Å². The Hall–Kier alpha value is -3.35. The number of carbonyl (C=O) groups is 2. The largest absolute Gasteiger partial charge is 0.482 e. The third-order valence-electron chi connectivity index (χ3n) is 4.29. The number of hydrogen-bond acceptors (Lipinski definition) is 5. The first-order chi connectivity index (χ1) is 14.7. The molecule has 2 aromatic rings. The average Bonchev–Trinajstić information content (AvgIpc) is 2.68. The molecule has 1 heterocycles. The van der Waals surface area contributed by atoms with Gasteiger partial charge in [-0.2, -0.15) is 13.2 Å². The number of hydrogen-bond donors (Lipinski definition) is 1. The molecule has 0 radical (unpaired) electrons. The number of benzene rings is 1. The Labute approximate surface area is 182 Å². The fraction of sp³-hybridized carbons (Fsp3) is 0.333. The zero-order chi connectivity index (χ0) is 24.4. The summed E-state index contributed by atoms with van der Waals surface area (Å²) in [4.78, 5) is 48.2. The van der Waals surface area contributed by atoms with E-state index in [1.165, 1.54) is 7.05 Å². The molecule has 32 heavy (non-hydrogen) atoms. The number of carboxylic acids is 1. The molecule has 0 unspecified atom stereocenters. The van der Waals surface area contributed by atoms with Crippen LogP contribution in [0.4, 0.5) is 17.6 Å².